The Morgan fingerprint density at radius 1 is 1.28 bits per heavy atom. The van der Waals surface area contributed by atoms with E-state index in [9.17, 15) is 8.42 Å². The topological polar surface area (TPSA) is 72.2 Å². The molecule has 0 atom stereocenters. The van der Waals surface area contributed by atoms with Crippen molar-refractivity contribution in [3.8, 4) is 0 Å². The van der Waals surface area contributed by atoms with Crippen LogP contribution in [0.1, 0.15) is 43.4 Å². The van der Waals surface area contributed by atoms with Gasteiger partial charge in [-0.1, -0.05) is 25.7 Å². The van der Waals surface area contributed by atoms with Crippen LogP contribution in [0.2, 0.25) is 0 Å². The summed E-state index contributed by atoms with van der Waals surface area (Å²) in [5.41, 5.74) is 5.57. The van der Waals surface area contributed by atoms with E-state index in [0.717, 1.165) is 30.6 Å². The molecule has 102 valence electrons. The molecule has 0 amide bonds. The van der Waals surface area contributed by atoms with Crippen molar-refractivity contribution in [3.63, 3.8) is 0 Å². The first-order valence-electron chi connectivity index (χ1n) is 6.42. The Morgan fingerprint density at radius 2 is 1.94 bits per heavy atom. The van der Waals surface area contributed by atoms with E-state index in [0.29, 0.717) is 4.90 Å². The van der Waals surface area contributed by atoms with Crippen LogP contribution in [0, 0.1) is 0 Å². The van der Waals surface area contributed by atoms with Gasteiger partial charge in [-0.05, 0) is 24.3 Å². The molecule has 1 saturated carbocycles. The smallest absolute Gasteiger partial charge is 0.241 e. The van der Waals surface area contributed by atoms with Crippen LogP contribution in [-0.4, -0.2) is 14.5 Å². The molecule has 0 unspecified atom stereocenters. The molecular weight excluding hydrogens is 268 g/mol. The Hall–Kier alpha value is -0.430. The van der Waals surface area contributed by atoms with Gasteiger partial charge in [-0.3, -0.25) is 0 Å². The molecule has 4 nitrogen and oxygen atoms in total. The Balaban J connectivity index is 2.11. The van der Waals surface area contributed by atoms with Crippen molar-refractivity contribution in [1.82, 2.24) is 4.72 Å². The van der Waals surface area contributed by atoms with Crippen LogP contribution >= 0.6 is 11.3 Å². The molecule has 1 aliphatic carbocycles. The van der Waals surface area contributed by atoms with Gasteiger partial charge in [0.2, 0.25) is 10.0 Å². The highest BCUT2D eigenvalue weighted by atomic mass is 32.2. The van der Waals surface area contributed by atoms with E-state index in [1.54, 1.807) is 11.4 Å². The van der Waals surface area contributed by atoms with Gasteiger partial charge in [0.05, 0.1) is 4.90 Å². The highest BCUT2D eigenvalue weighted by Crippen LogP contribution is 2.24. The number of sulfonamides is 1. The average molecular weight is 288 g/mol. The zero-order chi connectivity index (χ0) is 13.0. The molecule has 0 aliphatic heterocycles. The lowest BCUT2D eigenvalue weighted by molar-refractivity contribution is 0.509. The maximum absolute atomic E-state index is 12.3. The fraction of sp³-hybridized carbons (Fsp3) is 0.667. The number of thiophene rings is 1. The van der Waals surface area contributed by atoms with Crippen molar-refractivity contribution >= 4 is 21.4 Å². The third-order valence-electron chi connectivity index (χ3n) is 3.36. The van der Waals surface area contributed by atoms with Gasteiger partial charge in [0.15, 0.2) is 0 Å². The van der Waals surface area contributed by atoms with E-state index in [1.165, 1.54) is 24.2 Å². The summed E-state index contributed by atoms with van der Waals surface area (Å²) in [6.45, 7) is 0.276. The summed E-state index contributed by atoms with van der Waals surface area (Å²) in [6, 6.07) is 1.73. The lowest BCUT2D eigenvalue weighted by Gasteiger charge is -2.16. The van der Waals surface area contributed by atoms with Crippen molar-refractivity contribution < 1.29 is 8.42 Å². The number of rotatable bonds is 4. The van der Waals surface area contributed by atoms with Crippen molar-refractivity contribution in [2.24, 2.45) is 5.73 Å². The Bertz CT molecular complexity index is 474. The number of hydrogen-bond donors (Lipinski definition) is 2. The highest BCUT2D eigenvalue weighted by molar-refractivity contribution is 7.89. The number of nitrogens with two attached hydrogens (primary N) is 1. The molecule has 1 fully saturated rings. The second kappa shape index (κ2) is 6.14. The molecule has 0 radical (unpaired) electrons. The van der Waals surface area contributed by atoms with Gasteiger partial charge in [-0.15, -0.1) is 11.3 Å². The summed E-state index contributed by atoms with van der Waals surface area (Å²) in [4.78, 5) is 1.09. The SMILES string of the molecule is NCc1sccc1S(=O)(=O)NC1CCCCCC1. The molecule has 0 spiro atoms. The summed E-state index contributed by atoms with van der Waals surface area (Å²) < 4.78 is 27.4. The van der Waals surface area contributed by atoms with Crippen LogP contribution in [0.3, 0.4) is 0 Å². The quantitative estimate of drug-likeness (QED) is 0.834. The van der Waals surface area contributed by atoms with Crippen molar-refractivity contribution in [1.29, 1.82) is 0 Å². The summed E-state index contributed by atoms with van der Waals surface area (Å²) in [7, 11) is -3.40. The molecule has 6 heteroatoms. The van der Waals surface area contributed by atoms with Gasteiger partial charge in [-0.2, -0.15) is 0 Å². The monoisotopic (exact) mass is 288 g/mol. The van der Waals surface area contributed by atoms with E-state index in [4.69, 9.17) is 5.73 Å². The Kier molecular flexibility index (Phi) is 4.77. The molecule has 3 N–H and O–H groups in total. The van der Waals surface area contributed by atoms with E-state index >= 15 is 0 Å². The van der Waals surface area contributed by atoms with Crippen LogP contribution in [0.15, 0.2) is 16.3 Å². The molecule has 1 heterocycles. The Labute approximate surface area is 113 Å². The minimum atomic E-state index is -3.40. The lowest BCUT2D eigenvalue weighted by Crippen LogP contribution is -2.34. The molecule has 0 saturated heterocycles. The van der Waals surface area contributed by atoms with Gasteiger partial charge in [0.25, 0.3) is 0 Å². The lowest BCUT2D eigenvalue weighted by atomic mass is 10.1. The summed E-state index contributed by atoms with van der Waals surface area (Å²) in [5, 5.41) is 1.78. The van der Waals surface area contributed by atoms with Gasteiger partial charge in [-0.25, -0.2) is 13.1 Å². The van der Waals surface area contributed by atoms with Gasteiger partial charge in [0.1, 0.15) is 0 Å². The third kappa shape index (κ3) is 3.32. The molecule has 1 aromatic rings. The van der Waals surface area contributed by atoms with E-state index in [2.05, 4.69) is 4.72 Å². The van der Waals surface area contributed by atoms with Crippen LogP contribution in [-0.2, 0) is 16.6 Å². The molecule has 1 aliphatic rings. The summed E-state index contributed by atoms with van der Waals surface area (Å²) >= 11 is 1.40. The minimum Gasteiger partial charge on any atom is -0.326 e. The fourth-order valence-corrected chi connectivity index (χ4v) is 5.04. The van der Waals surface area contributed by atoms with Gasteiger partial charge in [0, 0.05) is 17.5 Å². The first-order valence-corrected chi connectivity index (χ1v) is 8.78. The van der Waals surface area contributed by atoms with Gasteiger partial charge >= 0.3 is 0 Å². The first-order chi connectivity index (χ1) is 8.63. The Morgan fingerprint density at radius 3 is 2.56 bits per heavy atom. The third-order valence-corrected chi connectivity index (χ3v) is 6.03. The zero-order valence-corrected chi connectivity index (χ0v) is 12.0. The first kappa shape index (κ1) is 14.0. The normalized spacial score (nSPS) is 18.7. The van der Waals surface area contributed by atoms with E-state index in [1.807, 2.05) is 0 Å². The maximum atomic E-state index is 12.3. The van der Waals surface area contributed by atoms with E-state index < -0.39 is 10.0 Å². The molecule has 0 bridgehead atoms. The minimum absolute atomic E-state index is 0.0861. The van der Waals surface area contributed by atoms with Gasteiger partial charge < -0.3 is 5.73 Å². The molecule has 0 aromatic carbocycles. The summed E-state index contributed by atoms with van der Waals surface area (Å²) in [5.74, 6) is 0. The molecule has 18 heavy (non-hydrogen) atoms. The molecular formula is C12H20N2O2S2. The number of nitrogens with one attached hydrogen (secondary N) is 1. The predicted octanol–water partition coefficient (Wildman–Crippen LogP) is 2.21. The second-order valence-electron chi connectivity index (χ2n) is 4.72. The maximum Gasteiger partial charge on any atom is 0.241 e. The van der Waals surface area contributed by atoms with Crippen LogP contribution in [0.5, 0.6) is 0 Å². The van der Waals surface area contributed by atoms with Crippen LogP contribution in [0.4, 0.5) is 0 Å². The van der Waals surface area contributed by atoms with Crippen molar-refractivity contribution in [2.45, 2.75) is 56.0 Å². The van der Waals surface area contributed by atoms with Crippen molar-refractivity contribution in [2.75, 3.05) is 0 Å². The van der Waals surface area contributed by atoms with E-state index in [-0.39, 0.29) is 12.6 Å². The second-order valence-corrected chi connectivity index (χ2v) is 7.40. The largest absolute Gasteiger partial charge is 0.326 e. The van der Waals surface area contributed by atoms with Crippen molar-refractivity contribution in [3.05, 3.63) is 16.3 Å². The zero-order valence-electron chi connectivity index (χ0n) is 10.4. The van der Waals surface area contributed by atoms with Crippen LogP contribution in [0.25, 0.3) is 0 Å². The average Bonchev–Trinajstić information content (AvgIpc) is 2.69. The summed E-state index contributed by atoms with van der Waals surface area (Å²) in [6.07, 6.45) is 6.54. The highest BCUT2D eigenvalue weighted by Gasteiger charge is 2.23. The number of hydrogen-bond acceptors (Lipinski definition) is 4. The molecule has 2 rings (SSSR count). The predicted molar refractivity (Wildman–Crippen MR) is 74.0 cm³/mol. The standard InChI is InChI=1S/C12H20N2O2S2/c13-9-11-12(7-8-17-11)18(15,16)14-10-5-3-1-2-4-6-10/h7-8,10,14H,1-6,9,13H2. The molecule has 1 aromatic heterocycles. The van der Waals surface area contributed by atoms with Crippen LogP contribution < -0.4 is 10.5 Å². The fourth-order valence-electron chi connectivity index (χ4n) is 2.40.